The van der Waals surface area contributed by atoms with Crippen molar-refractivity contribution in [3.05, 3.63) is 67.3 Å². The average molecular weight is 395 g/mol. The zero-order valence-corrected chi connectivity index (χ0v) is 16.6. The zero-order chi connectivity index (χ0) is 19.9. The minimum absolute atomic E-state index is 0.135. The van der Waals surface area contributed by atoms with Crippen LogP contribution >= 0.6 is 11.8 Å². The highest BCUT2D eigenvalue weighted by Crippen LogP contribution is 2.29. The molecule has 1 N–H and O–H groups in total. The highest BCUT2D eigenvalue weighted by molar-refractivity contribution is 8.00. The third-order valence-corrected chi connectivity index (χ3v) is 5.16. The molecule has 0 radical (unpaired) electrons. The summed E-state index contributed by atoms with van der Waals surface area (Å²) in [4.78, 5) is 12.7. The van der Waals surface area contributed by atoms with Crippen LogP contribution in [0.3, 0.4) is 0 Å². The maximum absolute atomic E-state index is 12.7. The summed E-state index contributed by atoms with van der Waals surface area (Å²) in [5.41, 5.74) is 1.61. The van der Waals surface area contributed by atoms with Gasteiger partial charge in [-0.3, -0.25) is 9.36 Å². The van der Waals surface area contributed by atoms with E-state index in [-0.39, 0.29) is 11.2 Å². The second-order valence-corrected chi connectivity index (χ2v) is 7.33. The van der Waals surface area contributed by atoms with Gasteiger partial charge in [0.05, 0.1) is 18.0 Å². The van der Waals surface area contributed by atoms with Crippen molar-refractivity contribution in [1.82, 2.24) is 14.8 Å². The smallest absolute Gasteiger partial charge is 0.237 e. The van der Waals surface area contributed by atoms with Gasteiger partial charge in [0.2, 0.25) is 5.91 Å². The average Bonchev–Trinajstić information content (AvgIpc) is 3.11. The fourth-order valence-corrected chi connectivity index (χ4v) is 3.52. The molecule has 144 valence electrons. The summed E-state index contributed by atoms with van der Waals surface area (Å²) < 4.78 is 7.25. The van der Waals surface area contributed by atoms with Gasteiger partial charge in [-0.25, -0.2) is 0 Å². The Morgan fingerprint density at radius 2 is 1.93 bits per heavy atom. The van der Waals surface area contributed by atoms with E-state index in [1.165, 1.54) is 11.8 Å². The molecular weight excluding hydrogens is 372 g/mol. The monoisotopic (exact) mass is 394 g/mol. The van der Waals surface area contributed by atoms with Crippen LogP contribution in [-0.2, 0) is 11.3 Å². The SMILES string of the molecule is C=CCn1c(S[C@H](C)C(=O)Nc2ccccc2OC)nnc1-c1ccccc1. The Balaban J connectivity index is 1.78. The molecule has 2 aromatic carbocycles. The van der Waals surface area contributed by atoms with Crippen molar-refractivity contribution in [2.24, 2.45) is 0 Å². The summed E-state index contributed by atoms with van der Waals surface area (Å²) in [7, 11) is 1.58. The predicted octanol–water partition coefficient (Wildman–Crippen LogP) is 4.26. The van der Waals surface area contributed by atoms with Gasteiger partial charge >= 0.3 is 0 Å². The highest BCUT2D eigenvalue weighted by Gasteiger charge is 2.21. The molecule has 0 aliphatic carbocycles. The number of ether oxygens (including phenoxy) is 1. The molecule has 0 spiro atoms. The number of nitrogens with zero attached hydrogens (tertiary/aromatic N) is 3. The third-order valence-electron chi connectivity index (χ3n) is 4.08. The number of allylic oxidation sites excluding steroid dienone is 1. The fourth-order valence-electron chi connectivity index (χ4n) is 2.66. The number of carbonyl (C=O) groups excluding carboxylic acids is 1. The Morgan fingerprint density at radius 3 is 2.64 bits per heavy atom. The van der Waals surface area contributed by atoms with E-state index in [2.05, 4.69) is 22.1 Å². The molecular formula is C21H22N4O2S. The summed E-state index contributed by atoms with van der Waals surface area (Å²) in [6, 6.07) is 17.2. The quantitative estimate of drug-likeness (QED) is 0.457. The Hall–Kier alpha value is -3.06. The molecule has 3 rings (SSSR count). The van der Waals surface area contributed by atoms with Gasteiger partial charge < -0.3 is 10.1 Å². The fraction of sp³-hybridized carbons (Fsp3) is 0.190. The molecule has 7 heteroatoms. The van der Waals surface area contributed by atoms with Crippen molar-refractivity contribution in [2.75, 3.05) is 12.4 Å². The number of methoxy groups -OCH3 is 1. The van der Waals surface area contributed by atoms with Gasteiger partial charge in [0.1, 0.15) is 5.75 Å². The molecule has 1 amide bonds. The molecule has 0 saturated carbocycles. The first-order chi connectivity index (χ1) is 13.6. The highest BCUT2D eigenvalue weighted by atomic mass is 32.2. The molecule has 0 bridgehead atoms. The minimum atomic E-state index is -0.374. The van der Waals surface area contributed by atoms with Crippen molar-refractivity contribution in [3.63, 3.8) is 0 Å². The van der Waals surface area contributed by atoms with Gasteiger partial charge in [-0.15, -0.1) is 16.8 Å². The van der Waals surface area contributed by atoms with Crippen molar-refractivity contribution in [3.8, 4) is 17.1 Å². The number of nitrogens with one attached hydrogen (secondary N) is 1. The van der Waals surface area contributed by atoms with Gasteiger partial charge in [-0.05, 0) is 19.1 Å². The second-order valence-electron chi connectivity index (χ2n) is 6.02. The number of aromatic nitrogens is 3. The van der Waals surface area contributed by atoms with E-state index in [0.717, 1.165) is 11.4 Å². The number of amides is 1. The molecule has 28 heavy (non-hydrogen) atoms. The molecule has 1 heterocycles. The summed E-state index contributed by atoms with van der Waals surface area (Å²) in [6.45, 7) is 6.22. The van der Waals surface area contributed by atoms with E-state index < -0.39 is 0 Å². The normalized spacial score (nSPS) is 11.6. The molecule has 1 aromatic heterocycles. The van der Waals surface area contributed by atoms with Crippen molar-refractivity contribution >= 4 is 23.4 Å². The van der Waals surface area contributed by atoms with Crippen LogP contribution in [0.2, 0.25) is 0 Å². The third kappa shape index (κ3) is 4.43. The predicted molar refractivity (Wildman–Crippen MR) is 113 cm³/mol. The number of anilines is 1. The Morgan fingerprint density at radius 1 is 1.21 bits per heavy atom. The zero-order valence-electron chi connectivity index (χ0n) is 15.8. The topological polar surface area (TPSA) is 69.0 Å². The van der Waals surface area contributed by atoms with Crippen LogP contribution in [0, 0.1) is 0 Å². The molecule has 0 aliphatic heterocycles. The summed E-state index contributed by atoms with van der Waals surface area (Å²) in [6.07, 6.45) is 1.79. The van der Waals surface area contributed by atoms with Crippen molar-refractivity contribution < 1.29 is 9.53 Å². The molecule has 1 atom stereocenters. The lowest BCUT2D eigenvalue weighted by Crippen LogP contribution is -2.23. The maximum atomic E-state index is 12.7. The standard InChI is InChI=1S/C21H22N4O2S/c1-4-14-25-19(16-10-6-5-7-11-16)23-24-21(25)28-15(2)20(26)22-17-12-8-9-13-18(17)27-3/h4-13,15H,1,14H2,2-3H3,(H,22,26)/t15-/m1/s1. The van der Waals surface area contributed by atoms with Crippen LogP contribution in [0.1, 0.15) is 6.92 Å². The Labute approximate surface area is 168 Å². The van der Waals surface area contributed by atoms with Crippen LogP contribution in [-0.4, -0.2) is 33.0 Å². The first-order valence-electron chi connectivity index (χ1n) is 8.84. The number of para-hydroxylation sites is 2. The largest absolute Gasteiger partial charge is 0.495 e. The van der Waals surface area contributed by atoms with Crippen LogP contribution in [0.4, 0.5) is 5.69 Å². The van der Waals surface area contributed by atoms with E-state index in [4.69, 9.17) is 4.74 Å². The minimum Gasteiger partial charge on any atom is -0.495 e. The van der Waals surface area contributed by atoms with Crippen LogP contribution in [0.25, 0.3) is 11.4 Å². The molecule has 0 fully saturated rings. The van der Waals surface area contributed by atoms with Crippen LogP contribution < -0.4 is 10.1 Å². The lowest BCUT2D eigenvalue weighted by Gasteiger charge is -2.14. The first kappa shape index (κ1) is 19.7. The number of rotatable bonds is 8. The number of hydrogen-bond acceptors (Lipinski definition) is 5. The summed E-state index contributed by atoms with van der Waals surface area (Å²) >= 11 is 1.36. The lowest BCUT2D eigenvalue weighted by molar-refractivity contribution is -0.115. The Kier molecular flexibility index (Phi) is 6.49. The van der Waals surface area contributed by atoms with Crippen LogP contribution in [0.15, 0.2) is 72.4 Å². The van der Waals surface area contributed by atoms with Crippen LogP contribution in [0.5, 0.6) is 5.75 Å². The van der Waals surface area contributed by atoms with Gasteiger partial charge in [0, 0.05) is 12.1 Å². The first-order valence-corrected chi connectivity index (χ1v) is 9.72. The van der Waals surface area contributed by atoms with Crippen molar-refractivity contribution in [1.29, 1.82) is 0 Å². The lowest BCUT2D eigenvalue weighted by atomic mass is 10.2. The van der Waals surface area contributed by atoms with E-state index >= 15 is 0 Å². The van der Waals surface area contributed by atoms with E-state index in [1.807, 2.05) is 60.0 Å². The van der Waals surface area contributed by atoms with E-state index in [9.17, 15) is 4.79 Å². The number of benzene rings is 2. The summed E-state index contributed by atoms with van der Waals surface area (Å²) in [5.74, 6) is 1.23. The molecule has 0 aliphatic rings. The second kappa shape index (κ2) is 9.23. The summed E-state index contributed by atoms with van der Waals surface area (Å²) in [5, 5.41) is 11.8. The molecule has 0 unspecified atom stereocenters. The number of hydrogen-bond donors (Lipinski definition) is 1. The van der Waals surface area contributed by atoms with Crippen molar-refractivity contribution in [2.45, 2.75) is 23.9 Å². The number of carbonyl (C=O) groups is 1. The Bertz CT molecular complexity index is 956. The maximum Gasteiger partial charge on any atom is 0.237 e. The number of thioether (sulfide) groups is 1. The van der Waals surface area contributed by atoms with E-state index in [1.54, 1.807) is 19.3 Å². The van der Waals surface area contributed by atoms with Gasteiger partial charge in [-0.1, -0.05) is 60.3 Å². The van der Waals surface area contributed by atoms with Gasteiger partial charge in [-0.2, -0.15) is 0 Å². The van der Waals surface area contributed by atoms with Gasteiger partial charge in [0.15, 0.2) is 11.0 Å². The van der Waals surface area contributed by atoms with E-state index in [0.29, 0.717) is 23.1 Å². The van der Waals surface area contributed by atoms with Gasteiger partial charge in [0.25, 0.3) is 0 Å². The molecule has 3 aromatic rings. The molecule has 0 saturated heterocycles. The molecule has 6 nitrogen and oxygen atoms in total.